The van der Waals surface area contributed by atoms with Crippen molar-refractivity contribution in [2.75, 3.05) is 11.5 Å². The number of hydrogen-bond donors (Lipinski definition) is 0. The molecular formula is C17H16BrNO2. The number of nitrogens with zero attached hydrogens (tertiary/aromatic N) is 1. The van der Waals surface area contributed by atoms with Crippen LogP contribution < -0.4 is 9.64 Å². The molecular weight excluding hydrogens is 330 g/mol. The van der Waals surface area contributed by atoms with Crippen molar-refractivity contribution >= 4 is 27.5 Å². The Morgan fingerprint density at radius 3 is 2.71 bits per heavy atom. The number of hydrogen-bond acceptors (Lipinski definition) is 2. The Morgan fingerprint density at radius 1 is 1.24 bits per heavy atom. The van der Waals surface area contributed by atoms with Gasteiger partial charge < -0.3 is 9.64 Å². The first-order chi connectivity index (χ1) is 10.1. The van der Waals surface area contributed by atoms with Crippen LogP contribution in [0.15, 0.2) is 53.0 Å². The van der Waals surface area contributed by atoms with Gasteiger partial charge in [-0.3, -0.25) is 4.79 Å². The minimum Gasteiger partial charge on any atom is -0.484 e. The van der Waals surface area contributed by atoms with Crippen LogP contribution in [-0.4, -0.2) is 18.6 Å². The fraction of sp³-hybridized carbons (Fsp3) is 0.235. The Kier molecular flexibility index (Phi) is 3.97. The van der Waals surface area contributed by atoms with Crippen molar-refractivity contribution in [3.63, 3.8) is 0 Å². The van der Waals surface area contributed by atoms with Crippen molar-refractivity contribution in [3.05, 3.63) is 58.6 Å². The number of ether oxygens (including phenoxy) is 1. The molecule has 0 radical (unpaired) electrons. The van der Waals surface area contributed by atoms with Crippen LogP contribution in [0.1, 0.15) is 12.5 Å². The molecule has 1 heterocycles. The topological polar surface area (TPSA) is 29.5 Å². The number of para-hydroxylation sites is 1. The average molecular weight is 346 g/mol. The summed E-state index contributed by atoms with van der Waals surface area (Å²) >= 11 is 3.37. The van der Waals surface area contributed by atoms with Gasteiger partial charge in [-0.25, -0.2) is 0 Å². The number of halogens is 1. The summed E-state index contributed by atoms with van der Waals surface area (Å²) in [5, 5.41) is 0. The monoisotopic (exact) mass is 345 g/mol. The second-order valence-electron chi connectivity index (χ2n) is 5.19. The average Bonchev–Trinajstić information content (AvgIpc) is 2.82. The van der Waals surface area contributed by atoms with E-state index in [1.807, 2.05) is 47.4 Å². The molecule has 0 aliphatic carbocycles. The van der Waals surface area contributed by atoms with Gasteiger partial charge in [-0.1, -0.05) is 34.1 Å². The SMILES string of the molecule is C[C@@H]1Cc2ccccc2N1C(=O)COc1ccc(Br)cc1. The molecule has 1 amide bonds. The van der Waals surface area contributed by atoms with Crippen LogP contribution in [0.4, 0.5) is 5.69 Å². The van der Waals surface area contributed by atoms with Crippen LogP contribution in [-0.2, 0) is 11.2 Å². The maximum Gasteiger partial charge on any atom is 0.265 e. The van der Waals surface area contributed by atoms with Crippen LogP contribution >= 0.6 is 15.9 Å². The predicted octanol–water partition coefficient (Wildman–Crippen LogP) is 3.81. The number of rotatable bonds is 3. The van der Waals surface area contributed by atoms with Crippen molar-refractivity contribution in [1.82, 2.24) is 0 Å². The van der Waals surface area contributed by atoms with E-state index in [9.17, 15) is 4.79 Å². The van der Waals surface area contributed by atoms with Gasteiger partial charge in [-0.2, -0.15) is 0 Å². The van der Waals surface area contributed by atoms with Crippen molar-refractivity contribution in [2.24, 2.45) is 0 Å². The quantitative estimate of drug-likeness (QED) is 0.846. The molecule has 0 spiro atoms. The molecule has 0 bridgehead atoms. The van der Waals surface area contributed by atoms with Gasteiger partial charge in [0.05, 0.1) is 0 Å². The Labute approximate surface area is 132 Å². The van der Waals surface area contributed by atoms with Gasteiger partial charge in [0.1, 0.15) is 5.75 Å². The minimum absolute atomic E-state index is 0.00429. The lowest BCUT2D eigenvalue weighted by atomic mass is 10.1. The lowest BCUT2D eigenvalue weighted by Crippen LogP contribution is -2.39. The summed E-state index contributed by atoms with van der Waals surface area (Å²) in [4.78, 5) is 14.3. The highest BCUT2D eigenvalue weighted by molar-refractivity contribution is 9.10. The molecule has 108 valence electrons. The molecule has 2 aromatic rings. The molecule has 1 aliphatic heterocycles. The second-order valence-corrected chi connectivity index (χ2v) is 6.10. The normalized spacial score (nSPS) is 16.7. The lowest BCUT2D eigenvalue weighted by Gasteiger charge is -2.22. The van der Waals surface area contributed by atoms with Crippen molar-refractivity contribution < 1.29 is 9.53 Å². The number of amides is 1. The molecule has 3 rings (SSSR count). The molecule has 0 N–H and O–H groups in total. The van der Waals surface area contributed by atoms with E-state index < -0.39 is 0 Å². The number of anilines is 1. The van der Waals surface area contributed by atoms with Crippen molar-refractivity contribution in [1.29, 1.82) is 0 Å². The summed E-state index contributed by atoms with van der Waals surface area (Å²) in [5.74, 6) is 0.696. The molecule has 21 heavy (non-hydrogen) atoms. The first-order valence-corrected chi connectivity index (χ1v) is 7.73. The minimum atomic E-state index is -0.00429. The fourth-order valence-electron chi connectivity index (χ4n) is 2.69. The third-order valence-electron chi connectivity index (χ3n) is 3.65. The molecule has 0 fully saturated rings. The van der Waals surface area contributed by atoms with Crippen LogP contribution in [0.3, 0.4) is 0 Å². The van der Waals surface area contributed by atoms with E-state index in [1.165, 1.54) is 5.56 Å². The number of carbonyl (C=O) groups excluding carboxylic acids is 1. The Morgan fingerprint density at radius 2 is 1.95 bits per heavy atom. The maximum absolute atomic E-state index is 12.5. The van der Waals surface area contributed by atoms with Crippen molar-refractivity contribution in [3.8, 4) is 5.75 Å². The van der Waals surface area contributed by atoms with Gasteiger partial charge in [-0.05, 0) is 49.2 Å². The van der Waals surface area contributed by atoms with Gasteiger partial charge in [-0.15, -0.1) is 0 Å². The molecule has 3 nitrogen and oxygen atoms in total. The first kappa shape index (κ1) is 14.1. The van der Waals surface area contributed by atoms with Gasteiger partial charge >= 0.3 is 0 Å². The summed E-state index contributed by atoms with van der Waals surface area (Å²) in [6.45, 7) is 2.12. The first-order valence-electron chi connectivity index (χ1n) is 6.93. The molecule has 0 unspecified atom stereocenters. The third-order valence-corrected chi connectivity index (χ3v) is 4.18. The van der Waals surface area contributed by atoms with Crippen LogP contribution in [0.25, 0.3) is 0 Å². The maximum atomic E-state index is 12.5. The summed E-state index contributed by atoms with van der Waals surface area (Å²) in [7, 11) is 0. The van der Waals surface area contributed by atoms with Crippen LogP contribution in [0, 0.1) is 0 Å². The Hall–Kier alpha value is -1.81. The fourth-order valence-corrected chi connectivity index (χ4v) is 2.96. The lowest BCUT2D eigenvalue weighted by molar-refractivity contribution is -0.120. The number of carbonyl (C=O) groups is 1. The predicted molar refractivity (Wildman–Crippen MR) is 86.7 cm³/mol. The molecule has 1 aliphatic rings. The van der Waals surface area contributed by atoms with E-state index in [0.717, 1.165) is 16.6 Å². The highest BCUT2D eigenvalue weighted by Crippen LogP contribution is 2.31. The number of benzene rings is 2. The largest absolute Gasteiger partial charge is 0.484 e. The van der Waals surface area contributed by atoms with Gasteiger partial charge in [0, 0.05) is 16.2 Å². The van der Waals surface area contributed by atoms with Gasteiger partial charge in [0.15, 0.2) is 6.61 Å². The summed E-state index contributed by atoms with van der Waals surface area (Å²) < 4.78 is 6.58. The second kappa shape index (κ2) is 5.90. The van der Waals surface area contributed by atoms with E-state index >= 15 is 0 Å². The molecule has 4 heteroatoms. The Balaban J connectivity index is 1.70. The summed E-state index contributed by atoms with van der Waals surface area (Å²) in [6, 6.07) is 15.7. The Bertz CT molecular complexity index is 654. The van der Waals surface area contributed by atoms with Crippen molar-refractivity contribution in [2.45, 2.75) is 19.4 Å². The van der Waals surface area contributed by atoms with Crippen LogP contribution in [0.2, 0.25) is 0 Å². The molecule has 0 saturated carbocycles. The molecule has 0 saturated heterocycles. The number of fused-ring (bicyclic) bond motifs is 1. The van der Waals surface area contributed by atoms with E-state index in [4.69, 9.17) is 4.74 Å². The zero-order valence-corrected chi connectivity index (χ0v) is 13.3. The van der Waals surface area contributed by atoms with Gasteiger partial charge in [0.25, 0.3) is 5.91 Å². The van der Waals surface area contributed by atoms with E-state index in [0.29, 0.717) is 5.75 Å². The van der Waals surface area contributed by atoms with E-state index in [1.54, 1.807) is 0 Å². The standard InChI is InChI=1S/C17H16BrNO2/c1-12-10-13-4-2-3-5-16(13)19(12)17(20)11-21-15-8-6-14(18)7-9-15/h2-9,12H,10-11H2,1H3/t12-/m1/s1. The highest BCUT2D eigenvalue weighted by Gasteiger charge is 2.30. The zero-order valence-electron chi connectivity index (χ0n) is 11.8. The third kappa shape index (κ3) is 2.95. The van der Waals surface area contributed by atoms with E-state index in [-0.39, 0.29) is 18.6 Å². The summed E-state index contributed by atoms with van der Waals surface area (Å²) in [6.07, 6.45) is 0.903. The highest BCUT2D eigenvalue weighted by atomic mass is 79.9. The molecule has 0 aromatic heterocycles. The van der Waals surface area contributed by atoms with Gasteiger partial charge in [0.2, 0.25) is 0 Å². The smallest absolute Gasteiger partial charge is 0.265 e. The summed E-state index contributed by atoms with van der Waals surface area (Å²) in [5.41, 5.74) is 2.23. The zero-order chi connectivity index (χ0) is 14.8. The molecule has 2 aromatic carbocycles. The molecule has 1 atom stereocenters. The van der Waals surface area contributed by atoms with E-state index in [2.05, 4.69) is 28.9 Å². The van der Waals surface area contributed by atoms with Crippen LogP contribution in [0.5, 0.6) is 5.75 Å².